The summed E-state index contributed by atoms with van der Waals surface area (Å²) in [6, 6.07) is 0. The molecule has 0 heterocycles. The van der Waals surface area contributed by atoms with Crippen molar-refractivity contribution in [1.82, 2.24) is 0 Å². The van der Waals surface area contributed by atoms with Crippen LogP contribution in [0.1, 0.15) is 46.0 Å². The molecule has 4 N–H and O–H groups in total. The van der Waals surface area contributed by atoms with E-state index in [1.807, 2.05) is 0 Å². The fraction of sp³-hybridized carbons (Fsp3) is 1.00. The molecule has 0 amide bonds. The Bertz CT molecular complexity index is 163. The second kappa shape index (κ2) is 11.0. The van der Waals surface area contributed by atoms with Gasteiger partial charge in [0, 0.05) is 19.1 Å². The zero-order valence-electron chi connectivity index (χ0n) is 11.3. The number of aliphatic hydroxyl groups excluding tert-OH is 1. The minimum atomic E-state index is -1.22. The van der Waals surface area contributed by atoms with Crippen LogP contribution in [0.2, 0.25) is 0 Å². The van der Waals surface area contributed by atoms with Gasteiger partial charge < -0.3 is 20.7 Å². The Balaban J connectivity index is 3.48. The molecule has 104 valence electrons. The molecule has 0 saturated carbocycles. The monoisotopic (exact) mass is 247 g/mol. The van der Waals surface area contributed by atoms with E-state index in [1.165, 1.54) is 0 Å². The Morgan fingerprint density at radius 3 is 2.29 bits per heavy atom. The number of unbranched alkanes of at least 4 members (excludes halogenated alkanes) is 2. The van der Waals surface area contributed by atoms with Gasteiger partial charge in [0.2, 0.25) is 0 Å². The van der Waals surface area contributed by atoms with Crippen LogP contribution in [0, 0.1) is 11.8 Å². The summed E-state index contributed by atoms with van der Waals surface area (Å²) in [5.41, 5.74) is 5.39. The topological polar surface area (TPSA) is 75.7 Å². The summed E-state index contributed by atoms with van der Waals surface area (Å²) in [6.07, 6.45) is 3.51. The maximum absolute atomic E-state index is 9.22. The number of nitrogens with two attached hydrogens (primary N) is 1. The number of aliphatic hydroxyl groups is 2. The lowest BCUT2D eigenvalue weighted by atomic mass is 9.94. The van der Waals surface area contributed by atoms with Crippen LogP contribution in [-0.2, 0) is 4.74 Å². The zero-order chi connectivity index (χ0) is 13.1. The summed E-state index contributed by atoms with van der Waals surface area (Å²) < 4.78 is 5.48. The molecule has 0 radical (unpaired) electrons. The lowest BCUT2D eigenvalue weighted by Gasteiger charge is -2.20. The molecule has 1 atom stereocenters. The summed E-state index contributed by atoms with van der Waals surface area (Å²) in [4.78, 5) is 0. The average Bonchev–Trinajstić information content (AvgIpc) is 2.25. The van der Waals surface area contributed by atoms with Gasteiger partial charge in [0.1, 0.15) is 0 Å². The highest BCUT2D eigenvalue weighted by Crippen LogP contribution is 2.18. The minimum Gasteiger partial charge on any atom is -0.381 e. The third kappa shape index (κ3) is 10.7. The van der Waals surface area contributed by atoms with Crippen molar-refractivity contribution in [2.75, 3.05) is 19.8 Å². The SMILES string of the molecule is CC(C)CC(CCOCCCCCN)C(O)O. The Morgan fingerprint density at radius 2 is 1.76 bits per heavy atom. The molecule has 0 bridgehead atoms. The van der Waals surface area contributed by atoms with Crippen molar-refractivity contribution in [3.8, 4) is 0 Å². The lowest BCUT2D eigenvalue weighted by Crippen LogP contribution is -2.23. The van der Waals surface area contributed by atoms with Crippen LogP contribution in [0.3, 0.4) is 0 Å². The predicted molar refractivity (Wildman–Crippen MR) is 69.5 cm³/mol. The first-order chi connectivity index (χ1) is 8.07. The molecule has 0 fully saturated rings. The third-order valence-corrected chi connectivity index (χ3v) is 2.82. The van der Waals surface area contributed by atoms with Crippen molar-refractivity contribution in [1.29, 1.82) is 0 Å². The molecule has 0 saturated heterocycles. The van der Waals surface area contributed by atoms with Crippen molar-refractivity contribution in [2.24, 2.45) is 17.6 Å². The van der Waals surface area contributed by atoms with Crippen molar-refractivity contribution in [3.05, 3.63) is 0 Å². The summed E-state index contributed by atoms with van der Waals surface area (Å²) in [6.45, 7) is 6.27. The Hall–Kier alpha value is -0.160. The molecule has 4 heteroatoms. The van der Waals surface area contributed by atoms with Crippen molar-refractivity contribution in [3.63, 3.8) is 0 Å². The van der Waals surface area contributed by atoms with Gasteiger partial charge in [-0.3, -0.25) is 0 Å². The fourth-order valence-electron chi connectivity index (χ4n) is 1.86. The van der Waals surface area contributed by atoms with E-state index in [0.29, 0.717) is 18.9 Å². The number of hydrogen-bond acceptors (Lipinski definition) is 4. The molecule has 17 heavy (non-hydrogen) atoms. The van der Waals surface area contributed by atoms with E-state index in [4.69, 9.17) is 10.5 Å². The van der Waals surface area contributed by atoms with Crippen LogP contribution in [0.5, 0.6) is 0 Å². The van der Waals surface area contributed by atoms with Crippen LogP contribution < -0.4 is 5.73 Å². The fourth-order valence-corrected chi connectivity index (χ4v) is 1.86. The molecule has 4 nitrogen and oxygen atoms in total. The quantitative estimate of drug-likeness (QED) is 0.382. The summed E-state index contributed by atoms with van der Waals surface area (Å²) >= 11 is 0. The van der Waals surface area contributed by atoms with E-state index in [-0.39, 0.29) is 5.92 Å². The molecule has 0 rings (SSSR count). The zero-order valence-corrected chi connectivity index (χ0v) is 11.3. The molecule has 0 aromatic rings. The molecule has 0 aliphatic heterocycles. The summed E-state index contributed by atoms with van der Waals surface area (Å²) in [5.74, 6) is 0.408. The first kappa shape index (κ1) is 16.8. The van der Waals surface area contributed by atoms with Crippen molar-refractivity contribution >= 4 is 0 Å². The molecule has 0 aromatic carbocycles. The number of ether oxygens (including phenoxy) is 1. The normalized spacial score (nSPS) is 13.6. The van der Waals surface area contributed by atoms with Gasteiger partial charge in [-0.2, -0.15) is 0 Å². The number of hydrogen-bond donors (Lipinski definition) is 3. The van der Waals surface area contributed by atoms with Crippen LogP contribution in [0.25, 0.3) is 0 Å². The molecule has 0 spiro atoms. The van der Waals surface area contributed by atoms with Gasteiger partial charge >= 0.3 is 0 Å². The van der Waals surface area contributed by atoms with E-state index in [9.17, 15) is 10.2 Å². The highest BCUT2D eigenvalue weighted by molar-refractivity contribution is 4.63. The van der Waals surface area contributed by atoms with Crippen LogP contribution in [-0.4, -0.2) is 36.3 Å². The Morgan fingerprint density at radius 1 is 1.06 bits per heavy atom. The van der Waals surface area contributed by atoms with E-state index < -0.39 is 6.29 Å². The molecular weight excluding hydrogens is 218 g/mol. The summed E-state index contributed by atoms with van der Waals surface area (Å²) in [5, 5.41) is 18.4. The van der Waals surface area contributed by atoms with Gasteiger partial charge in [0.25, 0.3) is 0 Å². The highest BCUT2D eigenvalue weighted by atomic mass is 16.5. The molecule has 1 unspecified atom stereocenters. The first-order valence-corrected chi connectivity index (χ1v) is 6.71. The molecule has 0 aliphatic carbocycles. The van der Waals surface area contributed by atoms with E-state index in [0.717, 1.165) is 38.8 Å². The van der Waals surface area contributed by atoms with Crippen LogP contribution >= 0.6 is 0 Å². The smallest absolute Gasteiger partial charge is 0.154 e. The third-order valence-electron chi connectivity index (χ3n) is 2.82. The van der Waals surface area contributed by atoms with Crippen LogP contribution in [0.4, 0.5) is 0 Å². The van der Waals surface area contributed by atoms with Gasteiger partial charge in [-0.05, 0) is 44.6 Å². The maximum Gasteiger partial charge on any atom is 0.154 e. The van der Waals surface area contributed by atoms with Gasteiger partial charge in [-0.25, -0.2) is 0 Å². The predicted octanol–water partition coefficient (Wildman–Crippen LogP) is 1.50. The maximum atomic E-state index is 9.22. The Kier molecular flexibility index (Phi) is 10.9. The van der Waals surface area contributed by atoms with Gasteiger partial charge in [-0.1, -0.05) is 13.8 Å². The molecular formula is C13H29NO3. The van der Waals surface area contributed by atoms with Gasteiger partial charge in [0.05, 0.1) is 0 Å². The average molecular weight is 247 g/mol. The molecule has 0 aliphatic rings. The van der Waals surface area contributed by atoms with Crippen LogP contribution in [0.15, 0.2) is 0 Å². The van der Waals surface area contributed by atoms with Gasteiger partial charge in [-0.15, -0.1) is 0 Å². The van der Waals surface area contributed by atoms with E-state index in [2.05, 4.69) is 13.8 Å². The minimum absolute atomic E-state index is 0.0703. The van der Waals surface area contributed by atoms with Gasteiger partial charge in [0.15, 0.2) is 6.29 Å². The van der Waals surface area contributed by atoms with E-state index >= 15 is 0 Å². The highest BCUT2D eigenvalue weighted by Gasteiger charge is 2.17. The van der Waals surface area contributed by atoms with E-state index in [1.54, 1.807) is 0 Å². The lowest BCUT2D eigenvalue weighted by molar-refractivity contribution is -0.0959. The second-order valence-electron chi connectivity index (χ2n) is 5.05. The Labute approximate surface area is 105 Å². The summed E-state index contributed by atoms with van der Waals surface area (Å²) in [7, 11) is 0. The standard InChI is InChI=1S/C13H29NO3/c1-11(2)10-12(13(15)16)6-9-17-8-5-3-4-7-14/h11-13,15-16H,3-10,14H2,1-2H3. The van der Waals surface area contributed by atoms with Crippen molar-refractivity contribution in [2.45, 2.75) is 52.2 Å². The largest absolute Gasteiger partial charge is 0.381 e. The molecule has 0 aromatic heterocycles. The first-order valence-electron chi connectivity index (χ1n) is 6.71. The van der Waals surface area contributed by atoms with Crippen molar-refractivity contribution < 1.29 is 14.9 Å². The number of rotatable bonds is 11. The second-order valence-corrected chi connectivity index (χ2v) is 5.05.